The Labute approximate surface area is 188 Å². The van der Waals surface area contributed by atoms with Crippen molar-refractivity contribution in [3.05, 3.63) is 29.4 Å². The summed E-state index contributed by atoms with van der Waals surface area (Å²) in [4.78, 5) is 23.6. The quantitative estimate of drug-likeness (QED) is 0.743. The van der Waals surface area contributed by atoms with E-state index in [0.29, 0.717) is 33.8 Å². The normalized spacial score (nSPS) is 30.9. The van der Waals surface area contributed by atoms with Crippen LogP contribution >= 0.6 is 11.6 Å². The number of nitrogens with zero attached hydrogens (tertiary/aromatic N) is 6. The average molecular weight is 461 g/mol. The molecule has 6 rings (SSSR count). The van der Waals surface area contributed by atoms with Gasteiger partial charge in [-0.1, -0.05) is 11.6 Å². The van der Waals surface area contributed by atoms with Gasteiger partial charge >= 0.3 is 0 Å². The molecule has 1 saturated carbocycles. The van der Waals surface area contributed by atoms with Crippen molar-refractivity contribution >= 4 is 34.2 Å². The highest BCUT2D eigenvalue weighted by atomic mass is 35.5. The minimum absolute atomic E-state index is 0.0702. The molecule has 2 aromatic heterocycles. The summed E-state index contributed by atoms with van der Waals surface area (Å²) >= 11 is 5.96. The van der Waals surface area contributed by atoms with E-state index in [1.807, 2.05) is 0 Å². The third-order valence-electron chi connectivity index (χ3n) is 7.59. The molecule has 1 aliphatic carbocycles. The zero-order valence-corrected chi connectivity index (χ0v) is 18.7. The molecule has 2 aromatic rings. The highest BCUT2D eigenvalue weighted by molar-refractivity contribution is 7.85. The Balaban J connectivity index is 1.29. The first kappa shape index (κ1) is 19.8. The van der Waals surface area contributed by atoms with Crippen LogP contribution in [0.4, 0.5) is 11.8 Å². The van der Waals surface area contributed by atoms with Gasteiger partial charge in [-0.15, -0.1) is 0 Å². The number of aliphatic hydroxyl groups excluding tert-OH is 1. The SMILES string of the molecule is O=[S@]1CN(C2(CO)CCC2)c2nc(N3C4CCC3CC(c3ncc(Cl)cn3)C4)ncc21. The number of hydrogen-bond donors (Lipinski definition) is 1. The second-order valence-corrected chi connectivity index (χ2v) is 11.0. The standard InChI is InChI=1S/C21H25ClN6O2S/c22-14-8-23-18(24-9-14)13-6-15-2-3-16(7-13)28(15)20-25-10-17-19(26-20)27(12-31(17)30)21(11-29)4-1-5-21/h8-10,13,15-16,29H,1-7,11-12H2/t13?,15?,16?,31-/m0/s1. The predicted octanol–water partition coefficient (Wildman–Crippen LogP) is 2.64. The van der Waals surface area contributed by atoms with Gasteiger partial charge in [-0.05, 0) is 44.9 Å². The molecule has 3 fully saturated rings. The molecule has 4 aliphatic rings. The van der Waals surface area contributed by atoms with Gasteiger partial charge < -0.3 is 14.9 Å². The summed E-state index contributed by atoms with van der Waals surface area (Å²) in [5.74, 6) is 3.05. The topological polar surface area (TPSA) is 95.3 Å². The Kier molecular flexibility index (Phi) is 4.70. The van der Waals surface area contributed by atoms with E-state index in [-0.39, 0.29) is 12.1 Å². The van der Waals surface area contributed by atoms with E-state index in [4.69, 9.17) is 16.6 Å². The van der Waals surface area contributed by atoms with Crippen molar-refractivity contribution in [3.63, 3.8) is 0 Å². The van der Waals surface area contributed by atoms with Crippen LogP contribution in [-0.4, -0.2) is 59.4 Å². The van der Waals surface area contributed by atoms with Crippen LogP contribution in [0.15, 0.2) is 23.5 Å². The highest BCUT2D eigenvalue weighted by Crippen LogP contribution is 2.47. The van der Waals surface area contributed by atoms with E-state index < -0.39 is 10.8 Å². The van der Waals surface area contributed by atoms with Crippen molar-refractivity contribution < 1.29 is 9.32 Å². The van der Waals surface area contributed by atoms with Crippen LogP contribution in [0.2, 0.25) is 5.02 Å². The van der Waals surface area contributed by atoms with Crippen molar-refractivity contribution in [2.75, 3.05) is 22.3 Å². The minimum Gasteiger partial charge on any atom is -0.394 e. The molecule has 1 N–H and O–H groups in total. The molecule has 0 aromatic carbocycles. The molecule has 164 valence electrons. The van der Waals surface area contributed by atoms with Crippen LogP contribution < -0.4 is 9.80 Å². The smallest absolute Gasteiger partial charge is 0.227 e. The number of piperidine rings is 1. The second kappa shape index (κ2) is 7.35. The molecule has 5 heterocycles. The first-order chi connectivity index (χ1) is 15.1. The van der Waals surface area contributed by atoms with Gasteiger partial charge in [-0.2, -0.15) is 4.98 Å². The lowest BCUT2D eigenvalue weighted by Gasteiger charge is -2.48. The van der Waals surface area contributed by atoms with Gasteiger partial charge in [0.1, 0.15) is 16.6 Å². The van der Waals surface area contributed by atoms with E-state index >= 15 is 0 Å². The van der Waals surface area contributed by atoms with E-state index in [0.717, 1.165) is 62.5 Å². The molecule has 3 atom stereocenters. The number of fused-ring (bicyclic) bond motifs is 3. The maximum atomic E-state index is 12.7. The Bertz CT molecular complexity index is 1010. The van der Waals surface area contributed by atoms with E-state index in [1.165, 1.54) is 0 Å². The van der Waals surface area contributed by atoms with Crippen LogP contribution in [0, 0.1) is 0 Å². The summed E-state index contributed by atoms with van der Waals surface area (Å²) in [7, 11) is -1.15. The van der Waals surface area contributed by atoms with Gasteiger partial charge in [0.15, 0.2) is 5.82 Å². The van der Waals surface area contributed by atoms with E-state index in [2.05, 4.69) is 24.8 Å². The maximum absolute atomic E-state index is 12.7. The van der Waals surface area contributed by atoms with Crippen LogP contribution in [0.3, 0.4) is 0 Å². The molecule has 3 aliphatic heterocycles. The fraction of sp³-hybridized carbons (Fsp3) is 0.619. The lowest BCUT2D eigenvalue weighted by atomic mass is 9.76. The first-order valence-electron chi connectivity index (χ1n) is 11.0. The number of hydrogen-bond acceptors (Lipinski definition) is 8. The van der Waals surface area contributed by atoms with Gasteiger partial charge in [0.2, 0.25) is 5.95 Å². The van der Waals surface area contributed by atoms with Crippen molar-refractivity contribution in [1.82, 2.24) is 19.9 Å². The van der Waals surface area contributed by atoms with Crippen LogP contribution in [0.5, 0.6) is 0 Å². The molecule has 10 heteroatoms. The van der Waals surface area contributed by atoms with Gasteiger partial charge in [-0.25, -0.2) is 15.0 Å². The molecule has 0 amide bonds. The predicted molar refractivity (Wildman–Crippen MR) is 118 cm³/mol. The molecular formula is C21H25ClN6O2S. The molecule has 31 heavy (non-hydrogen) atoms. The van der Waals surface area contributed by atoms with E-state index in [9.17, 15) is 9.32 Å². The molecule has 0 spiro atoms. The summed E-state index contributed by atoms with van der Waals surface area (Å²) in [6.07, 6.45) is 12.1. The highest BCUT2D eigenvalue weighted by Gasteiger charge is 2.48. The summed E-state index contributed by atoms with van der Waals surface area (Å²) in [6.45, 7) is 0.0702. The number of halogens is 1. The second-order valence-electron chi connectivity index (χ2n) is 9.22. The third kappa shape index (κ3) is 3.08. The van der Waals surface area contributed by atoms with Crippen molar-refractivity contribution in [2.45, 2.75) is 73.4 Å². The summed E-state index contributed by atoms with van der Waals surface area (Å²) < 4.78 is 12.7. The van der Waals surface area contributed by atoms with Crippen molar-refractivity contribution in [3.8, 4) is 0 Å². The lowest BCUT2D eigenvalue weighted by molar-refractivity contribution is 0.119. The minimum atomic E-state index is -1.15. The number of aromatic nitrogens is 4. The zero-order valence-electron chi connectivity index (χ0n) is 17.2. The van der Waals surface area contributed by atoms with Gasteiger partial charge in [-0.3, -0.25) is 4.21 Å². The van der Waals surface area contributed by atoms with Crippen molar-refractivity contribution in [1.29, 1.82) is 0 Å². The molecule has 0 radical (unpaired) electrons. The molecule has 2 saturated heterocycles. The molecular weight excluding hydrogens is 436 g/mol. The van der Waals surface area contributed by atoms with Crippen LogP contribution in [0.25, 0.3) is 0 Å². The molecule has 8 nitrogen and oxygen atoms in total. The Morgan fingerprint density at radius 2 is 1.84 bits per heavy atom. The number of aliphatic hydroxyl groups is 1. The molecule has 2 unspecified atom stereocenters. The zero-order chi connectivity index (χ0) is 21.2. The monoisotopic (exact) mass is 460 g/mol. The van der Waals surface area contributed by atoms with Gasteiger partial charge in [0.25, 0.3) is 0 Å². The van der Waals surface area contributed by atoms with E-state index in [1.54, 1.807) is 18.6 Å². The van der Waals surface area contributed by atoms with Crippen LogP contribution in [0.1, 0.15) is 56.7 Å². The summed E-state index contributed by atoms with van der Waals surface area (Å²) in [5.41, 5.74) is -0.315. The number of anilines is 2. The Morgan fingerprint density at radius 1 is 1.13 bits per heavy atom. The van der Waals surface area contributed by atoms with Crippen molar-refractivity contribution in [2.24, 2.45) is 0 Å². The van der Waals surface area contributed by atoms with Gasteiger partial charge in [0.05, 0.1) is 34.2 Å². The lowest BCUT2D eigenvalue weighted by Crippen LogP contribution is -2.56. The average Bonchev–Trinajstić information content (AvgIpc) is 3.21. The van der Waals surface area contributed by atoms with Crippen LogP contribution in [-0.2, 0) is 10.8 Å². The third-order valence-corrected chi connectivity index (χ3v) is 9.06. The largest absolute Gasteiger partial charge is 0.394 e. The maximum Gasteiger partial charge on any atom is 0.227 e. The summed E-state index contributed by atoms with van der Waals surface area (Å²) in [5, 5.41) is 10.6. The fourth-order valence-corrected chi connectivity index (χ4v) is 7.18. The number of rotatable bonds is 4. The Morgan fingerprint density at radius 3 is 2.45 bits per heavy atom. The molecule has 2 bridgehead atoms. The summed E-state index contributed by atoms with van der Waals surface area (Å²) in [6, 6.07) is 0.689. The van der Waals surface area contributed by atoms with Gasteiger partial charge in [0, 0.05) is 30.4 Å². The Hall–Kier alpha value is -1.84. The first-order valence-corrected chi connectivity index (χ1v) is 12.7. The fourth-order valence-electron chi connectivity index (χ4n) is 5.79.